The van der Waals surface area contributed by atoms with Crippen molar-refractivity contribution in [2.24, 2.45) is 0 Å². The summed E-state index contributed by atoms with van der Waals surface area (Å²) in [5, 5.41) is 11.7. The Labute approximate surface area is 170 Å². The Morgan fingerprint density at radius 2 is 2.31 bits per heavy atom. The zero-order chi connectivity index (χ0) is 18.4. The number of carbonyl (C=O) groups excluding carboxylic acids is 1. The lowest BCUT2D eigenvalue weighted by atomic mass is 10.2. The lowest BCUT2D eigenvalue weighted by molar-refractivity contribution is -0.119. The van der Waals surface area contributed by atoms with Gasteiger partial charge in [-0.05, 0) is 17.7 Å². The molecule has 1 aromatic heterocycles. The molecule has 0 radical (unpaired) electrons. The molecule has 1 saturated heterocycles. The molecule has 140 valence electrons. The van der Waals surface area contributed by atoms with Crippen LogP contribution in [0, 0.1) is 0 Å². The summed E-state index contributed by atoms with van der Waals surface area (Å²) in [6.07, 6.45) is -0.0259. The Balaban J connectivity index is 1.41. The number of amides is 1. The first-order chi connectivity index (χ1) is 12.6. The molecule has 2 aromatic rings. The number of carbonyl (C=O) groups is 1. The number of nitrogens with one attached hydrogen (secondary N) is 1. The second kappa shape index (κ2) is 9.87. The van der Waals surface area contributed by atoms with Crippen LogP contribution >= 0.6 is 46.3 Å². The topological polar surface area (TPSA) is 67.4 Å². The van der Waals surface area contributed by atoms with Gasteiger partial charge in [0.2, 0.25) is 5.91 Å². The Morgan fingerprint density at radius 3 is 3.08 bits per heavy atom. The van der Waals surface area contributed by atoms with Gasteiger partial charge in [0.05, 0.1) is 28.5 Å². The molecule has 1 atom stereocenters. The van der Waals surface area contributed by atoms with Crippen LogP contribution in [0.5, 0.6) is 0 Å². The summed E-state index contributed by atoms with van der Waals surface area (Å²) >= 11 is 14.9. The summed E-state index contributed by atoms with van der Waals surface area (Å²) in [7, 11) is 0. The lowest BCUT2D eigenvalue weighted by Gasteiger charge is -2.33. The SMILES string of the molecule is O=C(CSc1nncs1)NCC1CN(Cc2ccc(Cl)c(Cl)c2)CCO1. The normalized spacial score (nSPS) is 18.0. The Hall–Kier alpha value is -0.900. The minimum absolute atomic E-state index is 0.0259. The van der Waals surface area contributed by atoms with Crippen molar-refractivity contribution in [3.63, 3.8) is 0 Å². The minimum Gasteiger partial charge on any atom is -0.374 e. The number of halogens is 2. The average molecular weight is 433 g/mol. The molecule has 10 heteroatoms. The predicted molar refractivity (Wildman–Crippen MR) is 105 cm³/mol. The second-order valence-electron chi connectivity index (χ2n) is 5.77. The molecule has 6 nitrogen and oxygen atoms in total. The monoisotopic (exact) mass is 432 g/mol. The number of hydrogen-bond acceptors (Lipinski definition) is 7. The van der Waals surface area contributed by atoms with E-state index in [0.717, 1.165) is 29.5 Å². The molecule has 1 amide bonds. The van der Waals surface area contributed by atoms with E-state index in [9.17, 15) is 4.79 Å². The van der Waals surface area contributed by atoms with Gasteiger partial charge in [0.15, 0.2) is 4.34 Å². The van der Waals surface area contributed by atoms with Crippen molar-refractivity contribution in [2.75, 3.05) is 32.0 Å². The highest BCUT2D eigenvalue weighted by molar-refractivity contribution is 8.01. The van der Waals surface area contributed by atoms with Crippen molar-refractivity contribution >= 4 is 52.2 Å². The van der Waals surface area contributed by atoms with Crippen molar-refractivity contribution in [3.8, 4) is 0 Å². The van der Waals surface area contributed by atoms with Crippen LogP contribution < -0.4 is 5.32 Å². The largest absolute Gasteiger partial charge is 0.374 e. The fraction of sp³-hybridized carbons (Fsp3) is 0.438. The van der Waals surface area contributed by atoms with Crippen LogP contribution in [-0.2, 0) is 16.1 Å². The second-order valence-corrected chi connectivity index (χ2v) is 8.64. The fourth-order valence-electron chi connectivity index (χ4n) is 2.58. The van der Waals surface area contributed by atoms with E-state index in [2.05, 4.69) is 20.4 Å². The molecule has 0 saturated carbocycles. The van der Waals surface area contributed by atoms with E-state index in [4.69, 9.17) is 27.9 Å². The number of rotatable bonds is 7. The summed E-state index contributed by atoms with van der Waals surface area (Å²) in [6, 6.07) is 5.68. The zero-order valence-corrected chi connectivity index (χ0v) is 17.0. The van der Waals surface area contributed by atoms with Crippen molar-refractivity contribution in [1.29, 1.82) is 0 Å². The number of hydrogen-bond donors (Lipinski definition) is 1. The number of nitrogens with zero attached hydrogens (tertiary/aromatic N) is 3. The van der Waals surface area contributed by atoms with Crippen molar-refractivity contribution in [3.05, 3.63) is 39.3 Å². The minimum atomic E-state index is -0.0320. The lowest BCUT2D eigenvalue weighted by Crippen LogP contribution is -2.47. The molecule has 0 spiro atoms. The molecule has 0 bridgehead atoms. The third-order valence-electron chi connectivity index (χ3n) is 3.81. The molecular formula is C16H18Cl2N4O2S2. The average Bonchev–Trinajstić information content (AvgIpc) is 3.15. The summed E-state index contributed by atoms with van der Waals surface area (Å²) < 4.78 is 6.55. The number of benzene rings is 1. The van der Waals surface area contributed by atoms with Gasteiger partial charge < -0.3 is 10.1 Å². The molecule has 3 rings (SSSR count). The third kappa shape index (κ3) is 6.07. The molecule has 2 heterocycles. The summed E-state index contributed by atoms with van der Waals surface area (Å²) in [4.78, 5) is 14.2. The number of aromatic nitrogens is 2. The first kappa shape index (κ1) is 19.9. The molecule has 1 aliphatic heterocycles. The maximum absolute atomic E-state index is 12.0. The Bertz CT molecular complexity index is 733. The van der Waals surface area contributed by atoms with Gasteiger partial charge in [-0.15, -0.1) is 10.2 Å². The van der Waals surface area contributed by atoms with Gasteiger partial charge >= 0.3 is 0 Å². The summed E-state index contributed by atoms with van der Waals surface area (Å²) in [5.41, 5.74) is 2.76. The van der Waals surface area contributed by atoms with Crippen LogP contribution in [-0.4, -0.2) is 59.1 Å². The maximum atomic E-state index is 12.0. The van der Waals surface area contributed by atoms with E-state index < -0.39 is 0 Å². The standard InChI is InChI=1S/C16H18Cl2N4O2S2/c17-13-2-1-11(5-14(13)18)7-22-3-4-24-12(8-22)6-19-15(23)9-25-16-21-20-10-26-16/h1-2,5,10,12H,3-4,6-9H2,(H,19,23). The van der Waals surface area contributed by atoms with Crippen LogP contribution in [0.1, 0.15) is 5.56 Å². The van der Waals surface area contributed by atoms with Crippen LogP contribution in [0.25, 0.3) is 0 Å². The molecule has 26 heavy (non-hydrogen) atoms. The molecule has 1 N–H and O–H groups in total. The van der Waals surface area contributed by atoms with E-state index in [1.54, 1.807) is 5.51 Å². The molecule has 1 aliphatic rings. The Kier molecular flexibility index (Phi) is 7.53. The highest BCUT2D eigenvalue weighted by Gasteiger charge is 2.21. The van der Waals surface area contributed by atoms with Crippen molar-refractivity contribution in [1.82, 2.24) is 20.4 Å². The van der Waals surface area contributed by atoms with Gasteiger partial charge in [-0.25, -0.2) is 0 Å². The Morgan fingerprint density at radius 1 is 1.42 bits per heavy atom. The molecule has 1 fully saturated rings. The van der Waals surface area contributed by atoms with Gasteiger partial charge in [0.1, 0.15) is 5.51 Å². The summed E-state index contributed by atoms with van der Waals surface area (Å²) in [6.45, 7) is 3.51. The zero-order valence-electron chi connectivity index (χ0n) is 13.9. The molecular weight excluding hydrogens is 415 g/mol. The highest BCUT2D eigenvalue weighted by Crippen LogP contribution is 2.23. The smallest absolute Gasteiger partial charge is 0.230 e. The van der Waals surface area contributed by atoms with E-state index in [1.807, 2.05) is 18.2 Å². The molecule has 1 unspecified atom stereocenters. The highest BCUT2D eigenvalue weighted by atomic mass is 35.5. The van der Waals surface area contributed by atoms with Gasteiger partial charge in [0.25, 0.3) is 0 Å². The van der Waals surface area contributed by atoms with E-state index in [1.165, 1.54) is 23.1 Å². The summed E-state index contributed by atoms with van der Waals surface area (Å²) in [5.74, 6) is 0.296. The number of thioether (sulfide) groups is 1. The fourth-order valence-corrected chi connectivity index (χ4v) is 4.21. The van der Waals surface area contributed by atoms with Gasteiger partial charge in [-0.1, -0.05) is 52.4 Å². The van der Waals surface area contributed by atoms with Crippen LogP contribution in [0.3, 0.4) is 0 Å². The van der Waals surface area contributed by atoms with Gasteiger partial charge in [0, 0.05) is 26.2 Å². The molecule has 0 aliphatic carbocycles. The van der Waals surface area contributed by atoms with E-state index >= 15 is 0 Å². The first-order valence-corrected chi connectivity index (χ1v) is 10.7. The third-order valence-corrected chi connectivity index (χ3v) is 6.41. The quantitative estimate of drug-likeness (QED) is 0.678. The van der Waals surface area contributed by atoms with Crippen molar-refractivity contribution < 1.29 is 9.53 Å². The molecule has 1 aromatic carbocycles. The predicted octanol–water partition coefficient (Wildman–Crippen LogP) is 2.95. The number of morpholine rings is 1. The van der Waals surface area contributed by atoms with Crippen molar-refractivity contribution in [2.45, 2.75) is 17.0 Å². The maximum Gasteiger partial charge on any atom is 0.230 e. The van der Waals surface area contributed by atoms with Crippen LogP contribution in [0.15, 0.2) is 28.0 Å². The first-order valence-electron chi connectivity index (χ1n) is 8.03. The van der Waals surface area contributed by atoms with Crippen LogP contribution in [0.2, 0.25) is 10.0 Å². The van der Waals surface area contributed by atoms with E-state index in [-0.39, 0.29) is 12.0 Å². The van der Waals surface area contributed by atoms with Gasteiger partial charge in [-0.3, -0.25) is 9.69 Å². The van der Waals surface area contributed by atoms with Gasteiger partial charge in [-0.2, -0.15) is 0 Å². The van der Waals surface area contributed by atoms with Crippen LogP contribution in [0.4, 0.5) is 0 Å². The van der Waals surface area contributed by atoms with E-state index in [0.29, 0.717) is 28.9 Å². The number of ether oxygens (including phenoxy) is 1.